The molecule has 106 valence electrons. The molecule has 0 aliphatic carbocycles. The van der Waals surface area contributed by atoms with Crippen LogP contribution in [0.25, 0.3) is 0 Å². The highest BCUT2D eigenvalue weighted by atomic mass is 127. The zero-order chi connectivity index (χ0) is 14.7. The van der Waals surface area contributed by atoms with Gasteiger partial charge in [0.1, 0.15) is 0 Å². The molecule has 2 aromatic carbocycles. The van der Waals surface area contributed by atoms with E-state index in [9.17, 15) is 0 Å². The summed E-state index contributed by atoms with van der Waals surface area (Å²) in [5.74, 6) is 0. The van der Waals surface area contributed by atoms with Crippen LogP contribution in [0.3, 0.4) is 0 Å². The highest BCUT2D eigenvalue weighted by Gasteiger charge is 2.14. The first kappa shape index (κ1) is 16.0. The Balaban J connectivity index is 2.28. The van der Waals surface area contributed by atoms with E-state index in [0.29, 0.717) is 6.04 Å². The molecular formula is C17H19BrIN. The summed E-state index contributed by atoms with van der Waals surface area (Å²) in [6.45, 7) is 4.33. The van der Waals surface area contributed by atoms with Gasteiger partial charge in [-0.2, -0.15) is 0 Å². The molecular weight excluding hydrogens is 425 g/mol. The lowest BCUT2D eigenvalue weighted by Crippen LogP contribution is -2.19. The van der Waals surface area contributed by atoms with E-state index in [-0.39, 0.29) is 0 Å². The van der Waals surface area contributed by atoms with Crippen molar-refractivity contribution in [2.45, 2.75) is 26.3 Å². The van der Waals surface area contributed by atoms with Crippen molar-refractivity contribution >= 4 is 38.5 Å². The number of hydrogen-bond acceptors (Lipinski definition) is 1. The summed E-state index contributed by atoms with van der Waals surface area (Å²) in [5.41, 5.74) is 5.40. The fourth-order valence-electron chi connectivity index (χ4n) is 2.32. The van der Waals surface area contributed by atoms with Gasteiger partial charge in [0, 0.05) is 14.1 Å². The van der Waals surface area contributed by atoms with Crippen LogP contribution < -0.4 is 5.32 Å². The molecule has 0 radical (unpaired) electrons. The molecule has 20 heavy (non-hydrogen) atoms. The van der Waals surface area contributed by atoms with E-state index in [1.165, 1.54) is 30.3 Å². The minimum absolute atomic E-state index is 0.321. The second-order valence-electron chi connectivity index (χ2n) is 5.13. The molecule has 2 aromatic rings. The van der Waals surface area contributed by atoms with E-state index in [1.807, 2.05) is 7.05 Å². The fraction of sp³-hybridized carbons (Fsp3) is 0.294. The maximum absolute atomic E-state index is 3.67. The highest BCUT2D eigenvalue weighted by molar-refractivity contribution is 14.1. The molecule has 0 spiro atoms. The molecule has 0 bridgehead atoms. The number of aryl methyl sites for hydroxylation is 2. The largest absolute Gasteiger partial charge is 0.313 e. The van der Waals surface area contributed by atoms with E-state index in [4.69, 9.17) is 0 Å². The van der Waals surface area contributed by atoms with Crippen molar-refractivity contribution in [1.82, 2.24) is 5.32 Å². The second kappa shape index (κ2) is 7.05. The van der Waals surface area contributed by atoms with E-state index >= 15 is 0 Å². The van der Waals surface area contributed by atoms with Crippen LogP contribution in [0, 0.1) is 17.4 Å². The van der Waals surface area contributed by atoms with Crippen LogP contribution in [0.2, 0.25) is 0 Å². The normalized spacial score (nSPS) is 12.4. The zero-order valence-electron chi connectivity index (χ0n) is 12.0. The number of hydrogen-bond donors (Lipinski definition) is 1. The predicted molar refractivity (Wildman–Crippen MR) is 98.3 cm³/mol. The average molecular weight is 444 g/mol. The van der Waals surface area contributed by atoms with Gasteiger partial charge in [-0.1, -0.05) is 34.1 Å². The van der Waals surface area contributed by atoms with E-state index in [2.05, 4.69) is 94.1 Å². The van der Waals surface area contributed by atoms with Crippen LogP contribution in [-0.4, -0.2) is 7.05 Å². The third-order valence-corrected chi connectivity index (χ3v) is 5.09. The van der Waals surface area contributed by atoms with Gasteiger partial charge in [0.25, 0.3) is 0 Å². The Bertz CT molecular complexity index is 610. The van der Waals surface area contributed by atoms with E-state index < -0.39 is 0 Å². The third kappa shape index (κ3) is 3.83. The Kier molecular flexibility index (Phi) is 5.64. The van der Waals surface area contributed by atoms with Crippen molar-refractivity contribution in [2.75, 3.05) is 7.05 Å². The van der Waals surface area contributed by atoms with Crippen LogP contribution in [-0.2, 0) is 6.42 Å². The molecule has 1 N–H and O–H groups in total. The number of benzene rings is 2. The molecule has 1 atom stereocenters. The van der Waals surface area contributed by atoms with E-state index in [0.717, 1.165) is 6.42 Å². The summed E-state index contributed by atoms with van der Waals surface area (Å²) < 4.78 is 2.43. The summed E-state index contributed by atoms with van der Waals surface area (Å²) in [6, 6.07) is 13.5. The number of rotatable bonds is 4. The maximum Gasteiger partial charge on any atom is 0.0370 e. The number of halogens is 2. The Morgan fingerprint density at radius 1 is 1.10 bits per heavy atom. The lowest BCUT2D eigenvalue weighted by molar-refractivity contribution is 0.589. The molecule has 1 nitrogen and oxygen atoms in total. The monoisotopic (exact) mass is 443 g/mol. The lowest BCUT2D eigenvalue weighted by Gasteiger charge is -2.19. The SMILES string of the molecule is CNC(Cc1ccc(C)c(C)c1)c1cc(I)ccc1Br. The van der Waals surface area contributed by atoms with Gasteiger partial charge in [-0.3, -0.25) is 0 Å². The molecule has 0 amide bonds. The summed E-state index contributed by atoms with van der Waals surface area (Å²) in [5, 5.41) is 3.44. The predicted octanol–water partition coefficient (Wildman–Crippen LogP) is 5.17. The fourth-order valence-corrected chi connectivity index (χ4v) is 3.35. The van der Waals surface area contributed by atoms with Crippen LogP contribution in [0.1, 0.15) is 28.3 Å². The van der Waals surface area contributed by atoms with Crippen molar-refractivity contribution in [1.29, 1.82) is 0 Å². The van der Waals surface area contributed by atoms with Gasteiger partial charge in [-0.25, -0.2) is 0 Å². The highest BCUT2D eigenvalue weighted by Crippen LogP contribution is 2.28. The molecule has 1 unspecified atom stereocenters. The first-order chi connectivity index (χ1) is 9.51. The summed E-state index contributed by atoms with van der Waals surface area (Å²) >= 11 is 6.03. The quantitative estimate of drug-likeness (QED) is 0.642. The molecule has 0 fully saturated rings. The number of nitrogens with one attached hydrogen (secondary N) is 1. The Labute approximate surface area is 143 Å². The molecule has 0 heterocycles. The van der Waals surface area contributed by atoms with Crippen molar-refractivity contribution in [3.8, 4) is 0 Å². The molecule has 0 saturated heterocycles. The molecule has 0 aliphatic heterocycles. The smallest absolute Gasteiger partial charge is 0.0370 e. The molecule has 2 rings (SSSR count). The van der Waals surface area contributed by atoms with Crippen molar-refractivity contribution in [3.05, 3.63) is 66.7 Å². The number of likely N-dealkylation sites (N-methyl/N-ethyl adjacent to an activating group) is 1. The molecule has 0 aromatic heterocycles. The van der Waals surface area contributed by atoms with Crippen LogP contribution in [0.15, 0.2) is 40.9 Å². The van der Waals surface area contributed by atoms with Gasteiger partial charge in [-0.05, 0) is 90.4 Å². The Morgan fingerprint density at radius 2 is 1.85 bits per heavy atom. The average Bonchev–Trinajstić information content (AvgIpc) is 2.43. The van der Waals surface area contributed by atoms with Gasteiger partial charge in [0.05, 0.1) is 0 Å². The lowest BCUT2D eigenvalue weighted by atomic mass is 9.97. The van der Waals surface area contributed by atoms with Crippen molar-refractivity contribution < 1.29 is 0 Å². The van der Waals surface area contributed by atoms with Gasteiger partial charge >= 0.3 is 0 Å². The van der Waals surface area contributed by atoms with Gasteiger partial charge < -0.3 is 5.32 Å². The second-order valence-corrected chi connectivity index (χ2v) is 7.23. The summed E-state index contributed by atoms with van der Waals surface area (Å²) in [6.07, 6.45) is 0.996. The van der Waals surface area contributed by atoms with E-state index in [1.54, 1.807) is 0 Å². The third-order valence-electron chi connectivity index (χ3n) is 3.69. The first-order valence-electron chi connectivity index (χ1n) is 6.69. The van der Waals surface area contributed by atoms with Gasteiger partial charge in [0.2, 0.25) is 0 Å². The summed E-state index contributed by atoms with van der Waals surface area (Å²) in [7, 11) is 2.03. The molecule has 3 heteroatoms. The van der Waals surface area contributed by atoms with Crippen LogP contribution in [0.4, 0.5) is 0 Å². The van der Waals surface area contributed by atoms with Gasteiger partial charge in [-0.15, -0.1) is 0 Å². The molecule has 0 saturated carbocycles. The van der Waals surface area contributed by atoms with Crippen LogP contribution >= 0.6 is 38.5 Å². The summed E-state index contributed by atoms with van der Waals surface area (Å²) in [4.78, 5) is 0. The van der Waals surface area contributed by atoms with Crippen molar-refractivity contribution in [3.63, 3.8) is 0 Å². The topological polar surface area (TPSA) is 12.0 Å². The Morgan fingerprint density at radius 3 is 2.50 bits per heavy atom. The standard InChI is InChI=1S/C17H19BrIN/c1-11-4-5-13(8-12(11)2)9-17(20-3)15-10-14(19)6-7-16(15)18/h4-8,10,17,20H,9H2,1-3H3. The minimum Gasteiger partial charge on any atom is -0.313 e. The minimum atomic E-state index is 0.321. The Hall–Kier alpha value is -0.390. The molecule has 0 aliphatic rings. The van der Waals surface area contributed by atoms with Crippen molar-refractivity contribution in [2.24, 2.45) is 0 Å². The van der Waals surface area contributed by atoms with Gasteiger partial charge in [0.15, 0.2) is 0 Å². The van der Waals surface area contributed by atoms with Crippen LogP contribution in [0.5, 0.6) is 0 Å². The maximum atomic E-state index is 3.67. The first-order valence-corrected chi connectivity index (χ1v) is 8.56. The zero-order valence-corrected chi connectivity index (χ0v) is 15.7.